The third-order valence-corrected chi connectivity index (χ3v) is 5.25. The van der Waals surface area contributed by atoms with Gasteiger partial charge in [0.2, 0.25) is 0 Å². The Kier molecular flexibility index (Phi) is 7.50. The van der Waals surface area contributed by atoms with E-state index in [4.69, 9.17) is 4.74 Å². The number of aliphatic imine (C=N–C) groups is 1. The van der Waals surface area contributed by atoms with Crippen LogP contribution in [-0.4, -0.2) is 43.7 Å². The van der Waals surface area contributed by atoms with Crippen LogP contribution in [0.2, 0.25) is 0 Å². The van der Waals surface area contributed by atoms with Gasteiger partial charge in [-0.3, -0.25) is 4.99 Å². The van der Waals surface area contributed by atoms with E-state index in [1.165, 1.54) is 7.11 Å². The molecule has 26 heavy (non-hydrogen) atoms. The van der Waals surface area contributed by atoms with Crippen LogP contribution in [-0.2, 0) is 6.54 Å². The van der Waals surface area contributed by atoms with E-state index in [2.05, 4.69) is 47.6 Å². The van der Waals surface area contributed by atoms with Crippen LogP contribution in [0, 0.1) is 5.41 Å². The molecule has 1 fully saturated rings. The van der Waals surface area contributed by atoms with Gasteiger partial charge >= 0.3 is 6.61 Å². The summed E-state index contributed by atoms with van der Waals surface area (Å²) < 4.78 is 34.6. The minimum atomic E-state index is -2.89. The summed E-state index contributed by atoms with van der Waals surface area (Å²) in [6.07, 6.45) is 0. The maximum Gasteiger partial charge on any atom is 0.387 e. The lowest BCUT2D eigenvalue weighted by Gasteiger charge is -2.62. The molecule has 5 nitrogen and oxygen atoms in total. The predicted octanol–water partition coefficient (Wildman–Crippen LogP) is 4.11. The number of nitrogens with one attached hydrogen (secondary N) is 1. The molecular formula is C18H28F2IN3O2. The van der Waals surface area contributed by atoms with Gasteiger partial charge < -0.3 is 19.7 Å². The Hall–Kier alpha value is -1.32. The average molecular weight is 483 g/mol. The van der Waals surface area contributed by atoms with E-state index in [-0.39, 0.29) is 46.4 Å². The highest BCUT2D eigenvalue weighted by Crippen LogP contribution is 2.46. The van der Waals surface area contributed by atoms with E-state index >= 15 is 0 Å². The van der Waals surface area contributed by atoms with Crippen LogP contribution in [0.1, 0.15) is 33.3 Å². The van der Waals surface area contributed by atoms with Crippen LogP contribution in [0.4, 0.5) is 8.78 Å². The van der Waals surface area contributed by atoms with Crippen LogP contribution < -0.4 is 14.8 Å². The summed E-state index contributed by atoms with van der Waals surface area (Å²) in [7, 11) is 3.16. The third kappa shape index (κ3) is 4.50. The molecular weight excluding hydrogens is 455 g/mol. The van der Waals surface area contributed by atoms with Crippen molar-refractivity contribution in [2.24, 2.45) is 10.4 Å². The number of hydrogen-bond donors (Lipinski definition) is 1. The lowest BCUT2D eigenvalue weighted by atomic mass is 9.65. The first-order valence-electron chi connectivity index (χ1n) is 8.22. The summed E-state index contributed by atoms with van der Waals surface area (Å²) >= 11 is 0. The van der Waals surface area contributed by atoms with Crippen molar-refractivity contribution in [3.05, 3.63) is 23.8 Å². The van der Waals surface area contributed by atoms with E-state index in [0.717, 1.165) is 18.1 Å². The van der Waals surface area contributed by atoms with Crippen LogP contribution in [0.15, 0.2) is 23.2 Å². The van der Waals surface area contributed by atoms with E-state index in [0.29, 0.717) is 6.54 Å². The molecule has 0 unspecified atom stereocenters. The van der Waals surface area contributed by atoms with E-state index < -0.39 is 6.61 Å². The first-order chi connectivity index (χ1) is 11.6. The van der Waals surface area contributed by atoms with Crippen molar-refractivity contribution in [3.8, 4) is 11.5 Å². The van der Waals surface area contributed by atoms with Gasteiger partial charge in [0.05, 0.1) is 7.11 Å². The molecule has 1 N–H and O–H groups in total. The molecule has 1 aromatic carbocycles. The van der Waals surface area contributed by atoms with E-state index in [1.54, 1.807) is 19.2 Å². The molecule has 0 atom stereocenters. The smallest absolute Gasteiger partial charge is 0.387 e. The number of guanidine groups is 1. The number of methoxy groups -OCH3 is 1. The zero-order valence-electron chi connectivity index (χ0n) is 16.1. The van der Waals surface area contributed by atoms with Gasteiger partial charge in [-0.25, -0.2) is 0 Å². The second kappa shape index (κ2) is 8.58. The first-order valence-corrected chi connectivity index (χ1v) is 8.22. The first kappa shape index (κ1) is 22.7. The lowest BCUT2D eigenvalue weighted by molar-refractivity contribution is -0.0668. The fourth-order valence-corrected chi connectivity index (χ4v) is 2.90. The minimum Gasteiger partial charge on any atom is -0.493 e. The van der Waals surface area contributed by atoms with Crippen LogP contribution in [0.25, 0.3) is 0 Å². The van der Waals surface area contributed by atoms with Crippen LogP contribution >= 0.6 is 24.0 Å². The summed E-state index contributed by atoms with van der Waals surface area (Å²) in [5.74, 6) is 1.09. The van der Waals surface area contributed by atoms with Crippen molar-refractivity contribution < 1.29 is 18.3 Å². The average Bonchev–Trinajstić information content (AvgIpc) is 2.54. The molecule has 1 aliphatic rings. The number of rotatable bonds is 5. The van der Waals surface area contributed by atoms with Crippen molar-refractivity contribution in [2.75, 3.05) is 20.7 Å². The normalized spacial score (nSPS) is 18.0. The SMILES string of the molecule is CN=C(NCc1ccc(OC)c(OC(F)F)c1)N1CC(C)(C)C1(C)C.I. The van der Waals surface area contributed by atoms with Gasteiger partial charge in [0.1, 0.15) is 0 Å². The number of benzene rings is 1. The van der Waals surface area contributed by atoms with Crippen molar-refractivity contribution in [3.63, 3.8) is 0 Å². The molecule has 2 rings (SSSR count). The maximum atomic E-state index is 12.5. The highest BCUT2D eigenvalue weighted by atomic mass is 127. The van der Waals surface area contributed by atoms with Gasteiger partial charge in [0, 0.05) is 31.1 Å². The Balaban J connectivity index is 0.00000338. The topological polar surface area (TPSA) is 46.1 Å². The number of ether oxygens (including phenoxy) is 2. The van der Waals surface area contributed by atoms with E-state index in [9.17, 15) is 8.78 Å². The largest absolute Gasteiger partial charge is 0.493 e. The number of hydrogen-bond acceptors (Lipinski definition) is 3. The van der Waals surface area contributed by atoms with Gasteiger partial charge in [0.15, 0.2) is 17.5 Å². The Morgan fingerprint density at radius 1 is 1.27 bits per heavy atom. The standard InChI is InChI=1S/C18H27F2N3O2.HI/c1-17(2)11-23(18(17,3)4)16(21-5)22-10-12-7-8-13(24-6)14(9-12)25-15(19)20;/h7-9,15H,10-11H2,1-6H3,(H,21,22);1H. The zero-order valence-corrected chi connectivity index (χ0v) is 18.4. The van der Waals surface area contributed by atoms with Gasteiger partial charge in [-0.2, -0.15) is 8.78 Å². The number of nitrogens with zero attached hydrogens (tertiary/aromatic N) is 2. The number of alkyl halides is 2. The fourth-order valence-electron chi connectivity index (χ4n) is 2.90. The third-order valence-electron chi connectivity index (χ3n) is 5.25. The number of halogens is 3. The second-order valence-electron chi connectivity index (χ2n) is 7.29. The lowest BCUT2D eigenvalue weighted by Crippen LogP contribution is -2.72. The molecule has 0 bridgehead atoms. The predicted molar refractivity (Wildman–Crippen MR) is 110 cm³/mol. The molecule has 0 radical (unpaired) electrons. The van der Waals surface area contributed by atoms with Crippen LogP contribution in [0.5, 0.6) is 11.5 Å². The fraction of sp³-hybridized carbons (Fsp3) is 0.611. The monoisotopic (exact) mass is 483 g/mol. The van der Waals surface area contributed by atoms with Crippen LogP contribution in [0.3, 0.4) is 0 Å². The molecule has 1 aromatic rings. The number of likely N-dealkylation sites (tertiary alicyclic amines) is 1. The van der Waals surface area contributed by atoms with Crippen molar-refractivity contribution >= 4 is 29.9 Å². The Bertz CT molecular complexity index is 651. The molecule has 1 aliphatic heterocycles. The van der Waals surface area contributed by atoms with Gasteiger partial charge in [-0.15, -0.1) is 24.0 Å². The summed E-state index contributed by atoms with van der Waals surface area (Å²) in [6.45, 7) is 7.29. The molecule has 0 aliphatic carbocycles. The van der Waals surface area contributed by atoms with Crippen molar-refractivity contribution in [2.45, 2.75) is 46.4 Å². The summed E-state index contributed by atoms with van der Waals surface area (Å²) in [6, 6.07) is 4.98. The Morgan fingerprint density at radius 2 is 1.92 bits per heavy atom. The highest BCUT2D eigenvalue weighted by Gasteiger charge is 2.53. The molecule has 0 amide bonds. The molecule has 1 heterocycles. The summed E-state index contributed by atoms with van der Waals surface area (Å²) in [5, 5.41) is 3.29. The summed E-state index contributed by atoms with van der Waals surface area (Å²) in [4.78, 5) is 6.56. The van der Waals surface area contributed by atoms with Gasteiger partial charge in [-0.1, -0.05) is 19.9 Å². The van der Waals surface area contributed by atoms with Gasteiger partial charge in [0.25, 0.3) is 0 Å². The van der Waals surface area contributed by atoms with Crippen molar-refractivity contribution in [1.82, 2.24) is 10.2 Å². The quantitative estimate of drug-likeness (QED) is 0.389. The summed E-state index contributed by atoms with van der Waals surface area (Å²) in [5.41, 5.74) is 0.983. The minimum absolute atomic E-state index is 0. The van der Waals surface area contributed by atoms with Crippen molar-refractivity contribution in [1.29, 1.82) is 0 Å². The van der Waals surface area contributed by atoms with Gasteiger partial charge in [-0.05, 0) is 31.5 Å². The Morgan fingerprint density at radius 3 is 2.38 bits per heavy atom. The molecule has 1 saturated heterocycles. The second-order valence-corrected chi connectivity index (χ2v) is 7.29. The maximum absolute atomic E-state index is 12.5. The Labute approximate surface area is 171 Å². The molecule has 148 valence electrons. The molecule has 0 saturated carbocycles. The molecule has 0 aromatic heterocycles. The highest BCUT2D eigenvalue weighted by molar-refractivity contribution is 14.0. The zero-order chi connectivity index (χ0) is 18.8. The molecule has 8 heteroatoms. The van der Waals surface area contributed by atoms with E-state index in [1.807, 2.05) is 6.07 Å². The molecule has 0 spiro atoms.